The van der Waals surface area contributed by atoms with Crippen molar-refractivity contribution in [3.8, 4) is 0 Å². The Labute approximate surface area is 95.3 Å². The normalized spacial score (nSPS) is 29.4. The van der Waals surface area contributed by atoms with Crippen LogP contribution in [0.5, 0.6) is 0 Å². The van der Waals surface area contributed by atoms with Gasteiger partial charge >= 0.3 is 0 Å². The van der Waals surface area contributed by atoms with Crippen molar-refractivity contribution in [1.82, 2.24) is 5.32 Å². The highest BCUT2D eigenvalue weighted by atomic mass is 32.2. The van der Waals surface area contributed by atoms with E-state index in [-0.39, 0.29) is 17.7 Å². The monoisotopic (exact) mass is 229 g/mol. The standard InChI is InChI=1S/C11H19NO2S/c1-15-8-5-9-10(13)12-11(14-9)6-3-2-4-7-11/h9H,2-8H2,1H3,(H,12,13). The van der Waals surface area contributed by atoms with Crippen LogP contribution >= 0.6 is 11.8 Å². The summed E-state index contributed by atoms with van der Waals surface area (Å²) in [6, 6.07) is 0. The fraction of sp³-hybridized carbons (Fsp3) is 0.909. The molecule has 86 valence electrons. The second-order valence-corrected chi connectivity index (χ2v) is 5.42. The van der Waals surface area contributed by atoms with Crippen LogP contribution in [0.25, 0.3) is 0 Å². The van der Waals surface area contributed by atoms with Crippen LogP contribution in [0, 0.1) is 0 Å². The number of ether oxygens (including phenoxy) is 1. The van der Waals surface area contributed by atoms with Crippen LogP contribution in [-0.4, -0.2) is 29.7 Å². The molecule has 2 aliphatic rings. The fourth-order valence-corrected chi connectivity index (χ4v) is 2.89. The Morgan fingerprint density at radius 1 is 1.47 bits per heavy atom. The minimum Gasteiger partial charge on any atom is -0.343 e. The Bertz CT molecular complexity index is 239. The van der Waals surface area contributed by atoms with Crippen LogP contribution in [0.3, 0.4) is 0 Å². The third-order valence-corrected chi connectivity index (χ3v) is 3.90. The van der Waals surface area contributed by atoms with E-state index in [0.29, 0.717) is 0 Å². The summed E-state index contributed by atoms with van der Waals surface area (Å²) in [7, 11) is 0. The van der Waals surface area contributed by atoms with Crippen LogP contribution in [0.4, 0.5) is 0 Å². The van der Waals surface area contributed by atoms with Crippen molar-refractivity contribution < 1.29 is 9.53 Å². The summed E-state index contributed by atoms with van der Waals surface area (Å²) in [5.74, 6) is 1.10. The maximum Gasteiger partial charge on any atom is 0.251 e. The second kappa shape index (κ2) is 4.74. The summed E-state index contributed by atoms with van der Waals surface area (Å²) < 4.78 is 5.93. The van der Waals surface area contributed by atoms with Gasteiger partial charge in [0.15, 0.2) is 0 Å². The van der Waals surface area contributed by atoms with Crippen molar-refractivity contribution >= 4 is 17.7 Å². The number of carbonyl (C=O) groups is 1. The highest BCUT2D eigenvalue weighted by Gasteiger charge is 2.45. The van der Waals surface area contributed by atoms with Crippen molar-refractivity contribution in [2.45, 2.75) is 50.4 Å². The number of hydrogen-bond acceptors (Lipinski definition) is 3. The first-order valence-electron chi connectivity index (χ1n) is 5.74. The molecule has 1 aliphatic heterocycles. The lowest BCUT2D eigenvalue weighted by molar-refractivity contribution is -0.124. The molecule has 0 bridgehead atoms. The molecular weight excluding hydrogens is 210 g/mol. The average Bonchev–Trinajstić information content (AvgIpc) is 2.53. The quantitative estimate of drug-likeness (QED) is 0.803. The SMILES string of the molecule is CSCCC1OC2(CCCCC2)NC1=O. The van der Waals surface area contributed by atoms with E-state index in [2.05, 4.69) is 11.6 Å². The number of rotatable bonds is 3. The summed E-state index contributed by atoms with van der Waals surface area (Å²) in [6.45, 7) is 0. The van der Waals surface area contributed by atoms with Gasteiger partial charge in [0.2, 0.25) is 0 Å². The molecule has 2 rings (SSSR count). The van der Waals surface area contributed by atoms with Gasteiger partial charge in [-0.3, -0.25) is 4.79 Å². The average molecular weight is 229 g/mol. The van der Waals surface area contributed by atoms with E-state index < -0.39 is 0 Å². The lowest BCUT2D eigenvalue weighted by atomic mass is 9.92. The molecule has 0 aromatic rings. The van der Waals surface area contributed by atoms with Gasteiger partial charge in [-0.1, -0.05) is 6.42 Å². The number of nitrogens with one attached hydrogen (secondary N) is 1. The Hall–Kier alpha value is -0.220. The predicted molar refractivity (Wildman–Crippen MR) is 61.8 cm³/mol. The zero-order chi connectivity index (χ0) is 10.7. The molecule has 1 saturated carbocycles. The van der Waals surface area contributed by atoms with Crippen LogP contribution in [0.15, 0.2) is 0 Å². The molecule has 2 fully saturated rings. The molecule has 1 atom stereocenters. The van der Waals surface area contributed by atoms with E-state index in [4.69, 9.17) is 4.74 Å². The van der Waals surface area contributed by atoms with Crippen molar-refractivity contribution in [3.05, 3.63) is 0 Å². The molecule has 1 amide bonds. The summed E-state index contributed by atoms with van der Waals surface area (Å²) in [5.41, 5.74) is -0.293. The van der Waals surface area contributed by atoms with Gasteiger partial charge < -0.3 is 10.1 Å². The summed E-state index contributed by atoms with van der Waals surface area (Å²) >= 11 is 1.77. The molecule has 1 spiro atoms. The molecule has 15 heavy (non-hydrogen) atoms. The van der Waals surface area contributed by atoms with Crippen molar-refractivity contribution in [2.75, 3.05) is 12.0 Å². The van der Waals surface area contributed by atoms with E-state index in [1.54, 1.807) is 11.8 Å². The lowest BCUT2D eigenvalue weighted by Gasteiger charge is -2.32. The van der Waals surface area contributed by atoms with E-state index in [0.717, 1.165) is 25.0 Å². The molecule has 0 aromatic heterocycles. The third-order valence-electron chi connectivity index (χ3n) is 3.26. The Balaban J connectivity index is 1.92. The zero-order valence-corrected chi connectivity index (χ0v) is 10.1. The van der Waals surface area contributed by atoms with Gasteiger partial charge in [0, 0.05) is 0 Å². The molecule has 0 aromatic carbocycles. The van der Waals surface area contributed by atoms with Crippen LogP contribution in [0.2, 0.25) is 0 Å². The van der Waals surface area contributed by atoms with Gasteiger partial charge in [-0.2, -0.15) is 11.8 Å². The summed E-state index contributed by atoms with van der Waals surface area (Å²) in [6.07, 6.45) is 8.32. The Morgan fingerprint density at radius 3 is 2.87 bits per heavy atom. The van der Waals surface area contributed by atoms with Gasteiger partial charge in [-0.05, 0) is 44.1 Å². The first-order valence-corrected chi connectivity index (χ1v) is 7.14. The molecule has 1 unspecified atom stereocenters. The molecule has 3 nitrogen and oxygen atoms in total. The Kier molecular flexibility index (Phi) is 3.57. The Morgan fingerprint density at radius 2 is 2.20 bits per heavy atom. The van der Waals surface area contributed by atoms with Gasteiger partial charge in [0.05, 0.1) is 0 Å². The number of carbonyl (C=O) groups excluding carboxylic acids is 1. The number of hydrogen-bond donors (Lipinski definition) is 1. The first kappa shape index (κ1) is 11.3. The minimum absolute atomic E-state index is 0.103. The molecular formula is C11H19NO2S. The summed E-state index contributed by atoms with van der Waals surface area (Å²) in [5, 5.41) is 3.06. The molecule has 0 radical (unpaired) electrons. The smallest absolute Gasteiger partial charge is 0.251 e. The van der Waals surface area contributed by atoms with Crippen LogP contribution in [-0.2, 0) is 9.53 Å². The highest BCUT2D eigenvalue weighted by Crippen LogP contribution is 2.34. The van der Waals surface area contributed by atoms with Gasteiger partial charge in [0.25, 0.3) is 5.91 Å². The van der Waals surface area contributed by atoms with Crippen molar-refractivity contribution in [3.63, 3.8) is 0 Å². The van der Waals surface area contributed by atoms with Crippen molar-refractivity contribution in [1.29, 1.82) is 0 Å². The van der Waals surface area contributed by atoms with Gasteiger partial charge in [-0.15, -0.1) is 0 Å². The minimum atomic E-state index is -0.293. The first-order chi connectivity index (χ1) is 7.26. The van der Waals surface area contributed by atoms with Crippen LogP contribution < -0.4 is 5.32 Å². The molecule has 1 aliphatic carbocycles. The largest absolute Gasteiger partial charge is 0.343 e. The maximum atomic E-state index is 11.7. The summed E-state index contributed by atoms with van der Waals surface area (Å²) in [4.78, 5) is 11.7. The molecule has 1 saturated heterocycles. The van der Waals surface area contributed by atoms with Gasteiger partial charge in [-0.25, -0.2) is 0 Å². The van der Waals surface area contributed by atoms with Crippen LogP contribution in [0.1, 0.15) is 38.5 Å². The maximum absolute atomic E-state index is 11.7. The third kappa shape index (κ3) is 2.48. The van der Waals surface area contributed by atoms with E-state index >= 15 is 0 Å². The molecule has 4 heteroatoms. The molecule has 1 N–H and O–H groups in total. The van der Waals surface area contributed by atoms with E-state index in [1.165, 1.54) is 19.3 Å². The zero-order valence-electron chi connectivity index (χ0n) is 9.25. The number of thioether (sulfide) groups is 1. The lowest BCUT2D eigenvalue weighted by Crippen LogP contribution is -2.44. The van der Waals surface area contributed by atoms with Crippen molar-refractivity contribution in [2.24, 2.45) is 0 Å². The topological polar surface area (TPSA) is 38.3 Å². The highest BCUT2D eigenvalue weighted by molar-refractivity contribution is 7.98. The van der Waals surface area contributed by atoms with Gasteiger partial charge in [0.1, 0.15) is 11.8 Å². The fourth-order valence-electron chi connectivity index (χ4n) is 2.44. The molecule has 1 heterocycles. The second-order valence-electron chi connectivity index (χ2n) is 4.43. The predicted octanol–water partition coefficient (Wildman–Crippen LogP) is 1.91. The van der Waals surface area contributed by atoms with E-state index in [1.807, 2.05) is 0 Å². The van der Waals surface area contributed by atoms with E-state index in [9.17, 15) is 4.79 Å². The number of amides is 1.